The van der Waals surface area contributed by atoms with E-state index in [-0.39, 0.29) is 23.9 Å². The highest BCUT2D eigenvalue weighted by Crippen LogP contribution is 2.49. The number of carbonyl (C=O) groups excluding carboxylic acids is 2. The number of para-hydroxylation sites is 1. The van der Waals surface area contributed by atoms with Gasteiger partial charge in [-0.1, -0.05) is 35.9 Å². The Bertz CT molecular complexity index is 1320. The summed E-state index contributed by atoms with van der Waals surface area (Å²) in [6.07, 6.45) is 1.92. The number of nitrogens with one attached hydrogen (secondary N) is 1. The molecule has 1 aromatic heterocycles. The lowest BCUT2D eigenvalue weighted by Gasteiger charge is -2.28. The predicted molar refractivity (Wildman–Crippen MR) is 133 cm³/mol. The molecule has 0 spiro atoms. The van der Waals surface area contributed by atoms with Crippen molar-refractivity contribution in [3.63, 3.8) is 0 Å². The zero-order chi connectivity index (χ0) is 24.1. The molecule has 3 aromatic rings. The molecule has 0 radical (unpaired) electrons. The quantitative estimate of drug-likeness (QED) is 0.580. The van der Waals surface area contributed by atoms with Gasteiger partial charge in [0.2, 0.25) is 0 Å². The average molecular weight is 490 g/mol. The number of rotatable bonds is 5. The number of thiazole rings is 1. The first-order valence-corrected chi connectivity index (χ1v) is 12.8. The molecular formula is C27H27N3O4S. The van der Waals surface area contributed by atoms with E-state index in [9.17, 15) is 9.59 Å². The van der Waals surface area contributed by atoms with E-state index < -0.39 is 0 Å². The van der Waals surface area contributed by atoms with Crippen LogP contribution in [0.3, 0.4) is 0 Å². The Kier molecular flexibility index (Phi) is 5.48. The number of aryl methyl sites for hydroxylation is 2. The fourth-order valence-corrected chi connectivity index (χ4v) is 6.20. The van der Waals surface area contributed by atoms with Crippen LogP contribution < -0.4 is 14.8 Å². The standard InChI is InChI=1S/C27H27N3O4S/c1-15-5-3-6-17(11-15)25-23(29-16(2)35-25)27(32)30-19(12-18-13-21(18)30)14-28-26(31)20-7-4-8-22-24(20)34-10-9-33-22/h3-8,11,18-19,21H,9-10,12-14H2,1-2H3,(H,28,31)/t18?,19-,21?/m0/s1. The monoisotopic (exact) mass is 489 g/mol. The van der Waals surface area contributed by atoms with Gasteiger partial charge in [-0.3, -0.25) is 9.59 Å². The van der Waals surface area contributed by atoms with Crippen LogP contribution in [0.5, 0.6) is 11.5 Å². The SMILES string of the molecule is Cc1cccc(-c2sc(C)nc2C(=O)N2C3CC3C[C@H]2CNC(=O)c2cccc3c2OCCO3)c1. The lowest BCUT2D eigenvalue weighted by atomic mass is 10.1. The van der Waals surface area contributed by atoms with Gasteiger partial charge in [-0.05, 0) is 50.3 Å². The molecule has 7 nitrogen and oxygen atoms in total. The number of ether oxygens (including phenoxy) is 2. The lowest BCUT2D eigenvalue weighted by Crippen LogP contribution is -2.45. The van der Waals surface area contributed by atoms with Crippen LogP contribution in [0.2, 0.25) is 0 Å². The van der Waals surface area contributed by atoms with Crippen LogP contribution in [0.1, 0.15) is 44.3 Å². The summed E-state index contributed by atoms with van der Waals surface area (Å²) in [5.74, 6) is 1.32. The van der Waals surface area contributed by atoms with Crippen molar-refractivity contribution in [1.82, 2.24) is 15.2 Å². The molecule has 3 heterocycles. The second-order valence-electron chi connectivity index (χ2n) is 9.48. The molecule has 8 heteroatoms. The van der Waals surface area contributed by atoms with Gasteiger partial charge < -0.3 is 19.7 Å². The van der Waals surface area contributed by atoms with Gasteiger partial charge in [0, 0.05) is 12.6 Å². The van der Waals surface area contributed by atoms with E-state index in [0.717, 1.165) is 33.9 Å². The molecule has 3 atom stereocenters. The number of benzene rings is 2. The highest BCUT2D eigenvalue weighted by Gasteiger charge is 2.54. The van der Waals surface area contributed by atoms with Crippen LogP contribution >= 0.6 is 11.3 Å². The van der Waals surface area contributed by atoms with Gasteiger partial charge in [0.1, 0.15) is 18.9 Å². The van der Waals surface area contributed by atoms with Gasteiger partial charge in [-0.25, -0.2) is 4.98 Å². The van der Waals surface area contributed by atoms with Gasteiger partial charge in [0.05, 0.1) is 21.5 Å². The molecule has 180 valence electrons. The highest BCUT2D eigenvalue weighted by molar-refractivity contribution is 7.15. The first-order chi connectivity index (χ1) is 17.0. The van der Waals surface area contributed by atoms with E-state index in [1.807, 2.05) is 36.9 Å². The van der Waals surface area contributed by atoms with Crippen LogP contribution in [0.4, 0.5) is 0 Å². The molecule has 1 saturated carbocycles. The summed E-state index contributed by atoms with van der Waals surface area (Å²) in [7, 11) is 0. The van der Waals surface area contributed by atoms with E-state index in [2.05, 4.69) is 16.4 Å². The Hall–Kier alpha value is -3.39. The number of hydrogen-bond acceptors (Lipinski definition) is 6. The molecule has 1 N–H and O–H groups in total. The molecular weight excluding hydrogens is 462 g/mol. The van der Waals surface area contributed by atoms with E-state index in [1.165, 1.54) is 0 Å². The van der Waals surface area contributed by atoms with Crippen molar-refractivity contribution in [3.8, 4) is 21.9 Å². The number of likely N-dealkylation sites (tertiary alicyclic amines) is 1. The first-order valence-electron chi connectivity index (χ1n) is 12.0. The molecule has 2 fully saturated rings. The third-order valence-corrected chi connectivity index (χ3v) is 7.99. The van der Waals surface area contributed by atoms with Crippen molar-refractivity contribution in [2.75, 3.05) is 19.8 Å². The minimum absolute atomic E-state index is 0.0380. The summed E-state index contributed by atoms with van der Waals surface area (Å²) >= 11 is 1.55. The number of carbonyl (C=O) groups is 2. The maximum atomic E-state index is 13.8. The Morgan fingerprint density at radius 2 is 1.94 bits per heavy atom. The van der Waals surface area contributed by atoms with Crippen LogP contribution in [0.15, 0.2) is 42.5 Å². The van der Waals surface area contributed by atoms with Crippen molar-refractivity contribution in [2.24, 2.45) is 5.92 Å². The van der Waals surface area contributed by atoms with Gasteiger partial charge in [-0.2, -0.15) is 0 Å². The topological polar surface area (TPSA) is 80.8 Å². The van der Waals surface area contributed by atoms with E-state index in [0.29, 0.717) is 48.4 Å². The normalized spacial score (nSPS) is 22.0. The summed E-state index contributed by atoms with van der Waals surface area (Å²) in [5, 5.41) is 3.91. The van der Waals surface area contributed by atoms with Crippen molar-refractivity contribution < 1.29 is 19.1 Å². The number of fused-ring (bicyclic) bond motifs is 2. The molecule has 3 aliphatic rings. The third-order valence-electron chi connectivity index (χ3n) is 6.97. The smallest absolute Gasteiger partial charge is 0.274 e. The van der Waals surface area contributed by atoms with Gasteiger partial charge >= 0.3 is 0 Å². The molecule has 2 aromatic carbocycles. The Morgan fingerprint density at radius 3 is 2.80 bits per heavy atom. The largest absolute Gasteiger partial charge is 0.486 e. The summed E-state index contributed by atoms with van der Waals surface area (Å²) in [6.45, 7) is 5.27. The zero-order valence-corrected chi connectivity index (χ0v) is 20.6. The number of nitrogens with zero attached hydrogens (tertiary/aromatic N) is 2. The average Bonchev–Trinajstić information content (AvgIpc) is 3.35. The van der Waals surface area contributed by atoms with Crippen LogP contribution in [-0.2, 0) is 0 Å². The second-order valence-corrected chi connectivity index (χ2v) is 10.7. The lowest BCUT2D eigenvalue weighted by molar-refractivity contribution is 0.0684. The molecule has 6 rings (SSSR count). The molecule has 2 unspecified atom stereocenters. The molecule has 1 aliphatic carbocycles. The highest BCUT2D eigenvalue weighted by atomic mass is 32.1. The third kappa shape index (κ3) is 4.05. The van der Waals surface area contributed by atoms with E-state index in [1.54, 1.807) is 29.5 Å². The summed E-state index contributed by atoms with van der Waals surface area (Å²) in [6, 6.07) is 13.7. The zero-order valence-electron chi connectivity index (χ0n) is 19.7. The fourth-order valence-electron chi connectivity index (χ4n) is 5.29. The summed E-state index contributed by atoms with van der Waals surface area (Å²) < 4.78 is 11.3. The molecule has 35 heavy (non-hydrogen) atoms. The van der Waals surface area contributed by atoms with Crippen LogP contribution in [-0.4, -0.2) is 53.5 Å². The first kappa shape index (κ1) is 22.1. The summed E-state index contributed by atoms with van der Waals surface area (Å²) in [4.78, 5) is 34.4. The van der Waals surface area contributed by atoms with E-state index >= 15 is 0 Å². The van der Waals surface area contributed by atoms with Gasteiger partial charge in [0.15, 0.2) is 11.5 Å². The molecule has 0 bridgehead atoms. The number of aromatic nitrogens is 1. The molecule has 2 amide bonds. The van der Waals surface area contributed by atoms with Gasteiger partial charge in [0.25, 0.3) is 11.8 Å². The van der Waals surface area contributed by atoms with Crippen molar-refractivity contribution >= 4 is 23.2 Å². The van der Waals surface area contributed by atoms with Gasteiger partial charge in [-0.15, -0.1) is 11.3 Å². The molecule has 1 saturated heterocycles. The maximum Gasteiger partial charge on any atom is 0.274 e. The Balaban J connectivity index is 1.22. The minimum atomic E-state index is -0.217. The van der Waals surface area contributed by atoms with Crippen LogP contribution in [0.25, 0.3) is 10.4 Å². The fraction of sp³-hybridized carbons (Fsp3) is 0.370. The van der Waals surface area contributed by atoms with Crippen LogP contribution in [0, 0.1) is 19.8 Å². The number of hydrogen-bond donors (Lipinski definition) is 1. The second kappa shape index (κ2) is 8.68. The van der Waals surface area contributed by atoms with Crippen molar-refractivity contribution in [2.45, 2.75) is 38.8 Å². The maximum absolute atomic E-state index is 13.8. The van der Waals surface area contributed by atoms with E-state index in [4.69, 9.17) is 9.47 Å². The van der Waals surface area contributed by atoms with Crippen molar-refractivity contribution in [3.05, 3.63) is 64.3 Å². The predicted octanol–water partition coefficient (Wildman–Crippen LogP) is 4.23. The summed E-state index contributed by atoms with van der Waals surface area (Å²) in [5.41, 5.74) is 3.14. The molecule has 2 aliphatic heterocycles. The minimum Gasteiger partial charge on any atom is -0.486 e. The van der Waals surface area contributed by atoms with Crippen molar-refractivity contribution in [1.29, 1.82) is 0 Å². The number of piperidine rings is 1. The number of amides is 2. The Morgan fingerprint density at radius 1 is 1.11 bits per heavy atom. The Labute approximate surface area is 208 Å².